The minimum Gasteiger partial charge on any atom is -0.496 e. The summed E-state index contributed by atoms with van der Waals surface area (Å²) in [6.07, 6.45) is 0. The van der Waals surface area contributed by atoms with E-state index in [-0.39, 0.29) is 5.82 Å². The molecule has 0 bridgehead atoms. The van der Waals surface area contributed by atoms with E-state index in [9.17, 15) is 4.39 Å². The van der Waals surface area contributed by atoms with E-state index in [1.807, 2.05) is 18.2 Å². The molecule has 6 heteroatoms. The maximum Gasteiger partial charge on any atom is 0.141 e. The van der Waals surface area contributed by atoms with Gasteiger partial charge in [-0.25, -0.2) is 4.39 Å². The molecule has 2 rings (SSSR count). The highest BCUT2D eigenvalue weighted by molar-refractivity contribution is 9.11. The Hall–Kier alpha value is -0.430. The summed E-state index contributed by atoms with van der Waals surface area (Å²) < 4.78 is 21.0. The Morgan fingerprint density at radius 3 is 2.40 bits per heavy atom. The zero-order valence-electron chi connectivity index (χ0n) is 10.5. The van der Waals surface area contributed by atoms with Crippen LogP contribution in [0.25, 0.3) is 0 Å². The van der Waals surface area contributed by atoms with Gasteiger partial charge in [-0.3, -0.25) is 0 Å². The third-order valence-corrected chi connectivity index (χ3v) is 4.72. The van der Waals surface area contributed by atoms with Crippen molar-refractivity contribution in [3.05, 3.63) is 60.7 Å². The Bertz CT molecular complexity index is 649. The van der Waals surface area contributed by atoms with Gasteiger partial charge in [-0.15, -0.1) is 0 Å². The summed E-state index contributed by atoms with van der Waals surface area (Å²) in [4.78, 5) is 0. The molecule has 0 heterocycles. The van der Waals surface area contributed by atoms with Crippen LogP contribution >= 0.6 is 47.8 Å². The fourth-order valence-electron chi connectivity index (χ4n) is 1.88. The van der Waals surface area contributed by atoms with Crippen molar-refractivity contribution in [3.8, 4) is 5.75 Å². The average Bonchev–Trinajstić information content (AvgIpc) is 2.43. The molecule has 0 aliphatic heterocycles. The van der Waals surface area contributed by atoms with Crippen LogP contribution in [-0.2, 0) is 0 Å². The van der Waals surface area contributed by atoms with E-state index in [1.165, 1.54) is 13.2 Å². The Labute approximate surface area is 141 Å². The molecular weight excluding hydrogens is 457 g/mol. The number of nitrogens with two attached hydrogens (primary N) is 1. The number of halogens is 4. The maximum atomic E-state index is 13.6. The minimum atomic E-state index is -0.436. The lowest BCUT2D eigenvalue weighted by atomic mass is 9.98. The second-order valence-electron chi connectivity index (χ2n) is 4.15. The summed E-state index contributed by atoms with van der Waals surface area (Å²) in [5, 5.41) is 0. The van der Waals surface area contributed by atoms with Crippen LogP contribution in [0.3, 0.4) is 0 Å². The van der Waals surface area contributed by atoms with Crippen molar-refractivity contribution >= 4 is 47.8 Å². The second kappa shape index (κ2) is 6.56. The molecule has 20 heavy (non-hydrogen) atoms. The first-order valence-electron chi connectivity index (χ1n) is 5.67. The van der Waals surface area contributed by atoms with Gasteiger partial charge in [0.25, 0.3) is 0 Å². The molecule has 0 amide bonds. The van der Waals surface area contributed by atoms with Gasteiger partial charge in [0.05, 0.1) is 17.6 Å². The number of rotatable bonds is 3. The molecule has 1 unspecified atom stereocenters. The zero-order valence-corrected chi connectivity index (χ0v) is 15.2. The molecule has 1 atom stereocenters. The number of hydrogen-bond donors (Lipinski definition) is 1. The van der Waals surface area contributed by atoms with E-state index in [1.54, 1.807) is 6.07 Å². The smallest absolute Gasteiger partial charge is 0.141 e. The van der Waals surface area contributed by atoms with Crippen molar-refractivity contribution in [1.29, 1.82) is 0 Å². The van der Waals surface area contributed by atoms with Gasteiger partial charge in [-0.05, 0) is 45.8 Å². The van der Waals surface area contributed by atoms with Gasteiger partial charge in [-0.2, -0.15) is 0 Å². The zero-order chi connectivity index (χ0) is 14.9. The van der Waals surface area contributed by atoms with E-state index in [4.69, 9.17) is 10.5 Å². The van der Waals surface area contributed by atoms with Gasteiger partial charge in [0.15, 0.2) is 0 Å². The Kier molecular flexibility index (Phi) is 5.23. The van der Waals surface area contributed by atoms with Gasteiger partial charge >= 0.3 is 0 Å². The van der Waals surface area contributed by atoms with E-state index in [0.717, 1.165) is 14.5 Å². The van der Waals surface area contributed by atoms with Crippen molar-refractivity contribution in [2.75, 3.05) is 7.11 Å². The highest BCUT2D eigenvalue weighted by Crippen LogP contribution is 2.36. The lowest BCUT2D eigenvalue weighted by molar-refractivity contribution is 0.404. The number of methoxy groups -OCH3 is 1. The van der Waals surface area contributed by atoms with Crippen LogP contribution in [-0.4, -0.2) is 7.11 Å². The van der Waals surface area contributed by atoms with E-state index < -0.39 is 6.04 Å². The molecule has 106 valence electrons. The highest BCUT2D eigenvalue weighted by Gasteiger charge is 2.19. The summed E-state index contributed by atoms with van der Waals surface area (Å²) in [5.41, 5.74) is 7.90. The van der Waals surface area contributed by atoms with Crippen molar-refractivity contribution in [2.45, 2.75) is 6.04 Å². The fourth-order valence-corrected chi connectivity index (χ4v) is 3.12. The normalized spacial score (nSPS) is 12.3. The van der Waals surface area contributed by atoms with Gasteiger partial charge in [-0.1, -0.05) is 31.9 Å². The first-order valence-corrected chi connectivity index (χ1v) is 8.05. The third-order valence-electron chi connectivity index (χ3n) is 2.90. The van der Waals surface area contributed by atoms with Crippen LogP contribution in [0.4, 0.5) is 4.39 Å². The SMILES string of the molecule is COc1cc(F)c(Br)cc1C(N)c1cc(Br)ccc1Br. The van der Waals surface area contributed by atoms with Crippen molar-refractivity contribution < 1.29 is 9.13 Å². The summed E-state index contributed by atoms with van der Waals surface area (Å²) in [6.45, 7) is 0. The van der Waals surface area contributed by atoms with E-state index >= 15 is 0 Å². The standard InChI is InChI=1S/C14H11Br3FNO/c1-20-13-6-12(18)11(17)5-9(13)14(19)8-4-7(15)2-3-10(8)16/h2-6,14H,19H2,1H3. The first-order chi connectivity index (χ1) is 9.43. The maximum absolute atomic E-state index is 13.6. The van der Waals surface area contributed by atoms with Crippen molar-refractivity contribution in [1.82, 2.24) is 0 Å². The van der Waals surface area contributed by atoms with E-state index in [0.29, 0.717) is 15.8 Å². The Morgan fingerprint density at radius 2 is 1.75 bits per heavy atom. The first kappa shape index (κ1) is 15.9. The molecule has 0 spiro atoms. The lowest BCUT2D eigenvalue weighted by Gasteiger charge is -2.18. The minimum absolute atomic E-state index is 0.356. The monoisotopic (exact) mass is 465 g/mol. The second-order valence-corrected chi connectivity index (χ2v) is 6.78. The van der Waals surface area contributed by atoms with E-state index in [2.05, 4.69) is 47.8 Å². The van der Waals surface area contributed by atoms with Crippen LogP contribution in [0.2, 0.25) is 0 Å². The molecule has 2 aromatic carbocycles. The number of benzene rings is 2. The summed E-state index contributed by atoms with van der Waals surface area (Å²) in [5.74, 6) is 0.0381. The molecule has 0 saturated heterocycles. The quantitative estimate of drug-likeness (QED) is 0.676. The van der Waals surface area contributed by atoms with Crippen LogP contribution < -0.4 is 10.5 Å². The van der Waals surface area contributed by atoms with Gasteiger partial charge in [0, 0.05) is 20.6 Å². The lowest BCUT2D eigenvalue weighted by Crippen LogP contribution is -2.14. The summed E-state index contributed by atoms with van der Waals surface area (Å²) in [7, 11) is 1.49. The molecule has 0 saturated carbocycles. The molecule has 0 aromatic heterocycles. The molecular formula is C14H11Br3FNO. The largest absolute Gasteiger partial charge is 0.496 e. The van der Waals surface area contributed by atoms with Crippen LogP contribution in [0, 0.1) is 5.82 Å². The van der Waals surface area contributed by atoms with Gasteiger partial charge in [0.1, 0.15) is 11.6 Å². The molecule has 0 aliphatic rings. The van der Waals surface area contributed by atoms with Crippen molar-refractivity contribution in [2.24, 2.45) is 5.73 Å². The average molecular weight is 468 g/mol. The van der Waals surface area contributed by atoms with Crippen LogP contribution in [0.1, 0.15) is 17.2 Å². The summed E-state index contributed by atoms with van der Waals surface area (Å²) in [6, 6.07) is 8.28. The molecule has 2 nitrogen and oxygen atoms in total. The fraction of sp³-hybridized carbons (Fsp3) is 0.143. The summed E-state index contributed by atoms with van der Waals surface area (Å²) >= 11 is 10.1. The topological polar surface area (TPSA) is 35.2 Å². The molecule has 2 N–H and O–H groups in total. The van der Waals surface area contributed by atoms with Gasteiger partial charge < -0.3 is 10.5 Å². The molecule has 2 aromatic rings. The third kappa shape index (κ3) is 3.24. The highest BCUT2D eigenvalue weighted by atomic mass is 79.9. The number of ether oxygens (including phenoxy) is 1. The van der Waals surface area contributed by atoms with Crippen molar-refractivity contribution in [3.63, 3.8) is 0 Å². The predicted molar refractivity (Wildman–Crippen MR) is 88.5 cm³/mol. The predicted octanol–water partition coefficient (Wildman–Crippen LogP) is 5.17. The molecule has 0 fully saturated rings. The van der Waals surface area contributed by atoms with Gasteiger partial charge in [0.2, 0.25) is 0 Å². The van der Waals surface area contributed by atoms with Crippen LogP contribution in [0.5, 0.6) is 5.75 Å². The molecule has 0 radical (unpaired) electrons. The Morgan fingerprint density at radius 1 is 1.05 bits per heavy atom. The molecule has 0 aliphatic carbocycles. The Balaban J connectivity index is 2.55. The van der Waals surface area contributed by atoms with Crippen LogP contribution in [0.15, 0.2) is 43.7 Å². The number of hydrogen-bond acceptors (Lipinski definition) is 2.